The van der Waals surface area contributed by atoms with Crippen LogP contribution < -0.4 is 4.74 Å². The number of aromatic nitrogens is 5. The molecule has 4 heterocycles. The zero-order chi connectivity index (χ0) is 23.8. The molecule has 0 aliphatic rings. The minimum Gasteiger partial charge on any atom is -0.487 e. The van der Waals surface area contributed by atoms with Gasteiger partial charge in [0.15, 0.2) is 4.34 Å². The molecule has 6 aromatic rings. The molecule has 0 radical (unpaired) electrons. The second-order valence-corrected chi connectivity index (χ2v) is 10.6. The molecule has 6 rings (SSSR count). The van der Waals surface area contributed by atoms with Crippen molar-refractivity contribution < 1.29 is 4.74 Å². The van der Waals surface area contributed by atoms with Gasteiger partial charge < -0.3 is 9.30 Å². The lowest BCUT2D eigenvalue weighted by atomic mass is 10.1. The summed E-state index contributed by atoms with van der Waals surface area (Å²) in [6.45, 7) is 2.26. The third-order valence-corrected chi connectivity index (χ3v) is 7.99. The van der Waals surface area contributed by atoms with E-state index in [4.69, 9.17) is 26.3 Å². The number of thiazole rings is 1. The first-order valence-electron chi connectivity index (χ1n) is 10.8. The summed E-state index contributed by atoms with van der Waals surface area (Å²) in [5, 5.41) is 1.54. The second kappa shape index (κ2) is 9.30. The fraction of sp³-hybridized carbons (Fsp3) is 0.0769. The van der Waals surface area contributed by atoms with Gasteiger partial charge in [-0.2, -0.15) is 0 Å². The van der Waals surface area contributed by atoms with Crippen LogP contribution in [-0.4, -0.2) is 24.5 Å². The monoisotopic (exact) mass is 515 g/mol. The molecule has 9 heteroatoms. The van der Waals surface area contributed by atoms with Crippen LogP contribution in [0.2, 0.25) is 5.02 Å². The zero-order valence-corrected chi connectivity index (χ0v) is 20.9. The van der Waals surface area contributed by atoms with Crippen LogP contribution in [0.25, 0.3) is 26.8 Å². The molecule has 172 valence electrons. The van der Waals surface area contributed by atoms with E-state index in [1.54, 1.807) is 41.8 Å². The summed E-state index contributed by atoms with van der Waals surface area (Å²) in [4.78, 5) is 18.9. The van der Waals surface area contributed by atoms with Crippen LogP contribution in [-0.2, 0) is 6.61 Å². The Morgan fingerprint density at radius 3 is 2.83 bits per heavy atom. The summed E-state index contributed by atoms with van der Waals surface area (Å²) in [5.74, 6) is 0.691. The van der Waals surface area contributed by atoms with E-state index in [9.17, 15) is 0 Å². The molecule has 35 heavy (non-hydrogen) atoms. The van der Waals surface area contributed by atoms with Crippen molar-refractivity contribution in [2.45, 2.75) is 22.8 Å². The number of imidazole rings is 1. The number of benzene rings is 2. The molecule has 0 N–H and O–H groups in total. The van der Waals surface area contributed by atoms with E-state index in [-0.39, 0.29) is 6.61 Å². The zero-order valence-electron chi connectivity index (χ0n) is 18.6. The highest BCUT2D eigenvalue weighted by atomic mass is 35.5. The Labute approximate surface area is 214 Å². The third kappa shape index (κ3) is 4.36. The molecular formula is C26H18ClN5OS2. The molecule has 0 bridgehead atoms. The Hall–Kier alpha value is -3.46. The van der Waals surface area contributed by atoms with Crippen LogP contribution in [0.3, 0.4) is 0 Å². The number of nitrogens with zero attached hydrogens (tertiary/aromatic N) is 5. The van der Waals surface area contributed by atoms with Gasteiger partial charge in [-0.3, -0.25) is 4.98 Å². The van der Waals surface area contributed by atoms with Crippen LogP contribution in [0.5, 0.6) is 5.75 Å². The van der Waals surface area contributed by atoms with Gasteiger partial charge in [0.25, 0.3) is 0 Å². The quantitative estimate of drug-likeness (QED) is 0.235. The van der Waals surface area contributed by atoms with Crippen molar-refractivity contribution in [3.8, 4) is 11.4 Å². The molecule has 0 fully saturated rings. The first kappa shape index (κ1) is 22.0. The molecule has 0 unspecified atom stereocenters. The number of hydrogen-bond donors (Lipinski definition) is 0. The first-order chi connectivity index (χ1) is 17.2. The van der Waals surface area contributed by atoms with Crippen molar-refractivity contribution in [1.82, 2.24) is 24.5 Å². The topological polar surface area (TPSA) is 65.7 Å². The molecule has 0 amide bonds. The lowest BCUT2D eigenvalue weighted by molar-refractivity contribution is 0.306. The highest BCUT2D eigenvalue weighted by molar-refractivity contribution is 8.01. The number of hydrogen-bond acceptors (Lipinski definition) is 7. The van der Waals surface area contributed by atoms with E-state index in [0.29, 0.717) is 10.8 Å². The van der Waals surface area contributed by atoms with Gasteiger partial charge in [0, 0.05) is 46.3 Å². The maximum Gasteiger partial charge on any atom is 0.155 e. The van der Waals surface area contributed by atoms with Gasteiger partial charge in [0.2, 0.25) is 0 Å². The lowest BCUT2D eigenvalue weighted by Gasteiger charge is -2.14. The van der Waals surface area contributed by atoms with E-state index in [1.807, 2.05) is 66.3 Å². The van der Waals surface area contributed by atoms with Crippen LogP contribution in [0, 0.1) is 6.92 Å². The van der Waals surface area contributed by atoms with Crippen LogP contribution in [0.1, 0.15) is 11.3 Å². The lowest BCUT2D eigenvalue weighted by Crippen LogP contribution is -2.02. The maximum atomic E-state index is 6.58. The molecule has 0 aliphatic carbocycles. The van der Waals surface area contributed by atoms with Crippen LogP contribution in [0.4, 0.5) is 0 Å². The maximum absolute atomic E-state index is 6.58. The summed E-state index contributed by atoms with van der Waals surface area (Å²) < 4.78 is 10.4. The van der Waals surface area contributed by atoms with Crippen molar-refractivity contribution in [1.29, 1.82) is 0 Å². The van der Waals surface area contributed by atoms with Gasteiger partial charge in [-0.15, -0.1) is 11.3 Å². The Bertz CT molecular complexity index is 1630. The summed E-state index contributed by atoms with van der Waals surface area (Å²) in [6, 6.07) is 16.1. The van der Waals surface area contributed by atoms with Crippen LogP contribution in [0.15, 0.2) is 88.9 Å². The number of para-hydroxylation sites is 2. The number of fused-ring (bicyclic) bond motifs is 2. The number of ether oxygens (including phenoxy) is 1. The van der Waals surface area contributed by atoms with Crippen molar-refractivity contribution in [3.63, 3.8) is 0 Å². The second-order valence-electron chi connectivity index (χ2n) is 7.84. The highest BCUT2D eigenvalue weighted by Crippen LogP contribution is 2.38. The van der Waals surface area contributed by atoms with Crippen molar-refractivity contribution in [2.75, 3.05) is 0 Å². The van der Waals surface area contributed by atoms with Crippen LogP contribution >= 0.6 is 34.7 Å². The normalized spacial score (nSPS) is 11.4. The number of halogens is 1. The molecule has 0 aliphatic heterocycles. The molecule has 6 nitrogen and oxygen atoms in total. The van der Waals surface area contributed by atoms with Gasteiger partial charge in [-0.05, 0) is 31.2 Å². The van der Waals surface area contributed by atoms with E-state index >= 15 is 0 Å². The Morgan fingerprint density at radius 1 is 1.06 bits per heavy atom. The molecule has 4 aromatic heterocycles. The molecule has 0 saturated heterocycles. The van der Waals surface area contributed by atoms with Crippen molar-refractivity contribution >= 4 is 55.8 Å². The van der Waals surface area contributed by atoms with Crippen molar-refractivity contribution in [2.24, 2.45) is 0 Å². The average molecular weight is 516 g/mol. The summed E-state index contributed by atoms with van der Waals surface area (Å²) >= 11 is 9.78. The average Bonchev–Trinajstić information content (AvgIpc) is 3.53. The summed E-state index contributed by atoms with van der Waals surface area (Å²) in [6.07, 6.45) is 8.92. The molecule has 0 atom stereocenters. The Kier molecular flexibility index (Phi) is 5.85. The van der Waals surface area contributed by atoms with Gasteiger partial charge in [0.05, 0.1) is 27.3 Å². The fourth-order valence-corrected chi connectivity index (χ4v) is 6.28. The first-order valence-corrected chi connectivity index (χ1v) is 12.8. The standard InChI is InChI=1S/C26H18ClN5OS2/c1-16-11-21(32-10-9-28-15-32)17-5-4-7-22(25(17)30-16)33-14-18-19(27)12-29-13-24(18)35-26-31-20-6-2-3-8-23(20)34-26/h2-13,15H,14H2,1H3. The minimum absolute atomic E-state index is 0.281. The van der Waals surface area contributed by atoms with Crippen molar-refractivity contribution in [3.05, 3.63) is 95.9 Å². The molecule has 0 spiro atoms. The molecule has 2 aromatic carbocycles. The predicted octanol–water partition coefficient (Wildman–Crippen LogP) is 7.12. The van der Waals surface area contributed by atoms with E-state index in [2.05, 4.69) is 16.0 Å². The highest BCUT2D eigenvalue weighted by Gasteiger charge is 2.15. The third-order valence-electron chi connectivity index (χ3n) is 5.50. The SMILES string of the molecule is Cc1cc(-n2ccnc2)c2cccc(OCc3c(Cl)cncc3Sc3nc4ccccc4s3)c2n1. The smallest absolute Gasteiger partial charge is 0.155 e. The van der Waals surface area contributed by atoms with Gasteiger partial charge in [-0.1, -0.05) is 47.6 Å². The van der Waals surface area contributed by atoms with Gasteiger partial charge >= 0.3 is 0 Å². The van der Waals surface area contributed by atoms with Gasteiger partial charge in [-0.25, -0.2) is 15.0 Å². The minimum atomic E-state index is 0.281. The summed E-state index contributed by atoms with van der Waals surface area (Å²) in [5.41, 5.74) is 4.54. The van der Waals surface area contributed by atoms with Gasteiger partial charge in [0.1, 0.15) is 17.9 Å². The number of rotatable bonds is 6. The summed E-state index contributed by atoms with van der Waals surface area (Å²) in [7, 11) is 0. The number of pyridine rings is 2. The predicted molar refractivity (Wildman–Crippen MR) is 141 cm³/mol. The van der Waals surface area contributed by atoms with E-state index in [1.165, 1.54) is 0 Å². The Balaban J connectivity index is 1.33. The van der Waals surface area contributed by atoms with E-state index in [0.717, 1.165) is 47.3 Å². The molecule has 0 saturated carbocycles. The fourth-order valence-electron chi connectivity index (χ4n) is 3.87. The van der Waals surface area contributed by atoms with E-state index < -0.39 is 0 Å². The number of aryl methyl sites for hydroxylation is 1. The largest absolute Gasteiger partial charge is 0.487 e. The Morgan fingerprint density at radius 2 is 1.97 bits per heavy atom. The molecular weight excluding hydrogens is 498 g/mol.